The molecule has 0 N–H and O–H groups in total. The zero-order valence-electron chi connectivity index (χ0n) is 13.0. The first-order chi connectivity index (χ1) is 10.6. The highest BCUT2D eigenvalue weighted by Crippen LogP contribution is 2.47. The third-order valence-corrected chi connectivity index (χ3v) is 4.15. The normalized spacial score (nSPS) is 20.3. The van der Waals surface area contributed by atoms with Gasteiger partial charge in [0.1, 0.15) is 11.5 Å². The summed E-state index contributed by atoms with van der Waals surface area (Å²) in [6.07, 6.45) is 4.53. The third-order valence-electron chi connectivity index (χ3n) is 4.15. The number of hydrogen-bond acceptors (Lipinski definition) is 2. The number of furan rings is 1. The van der Waals surface area contributed by atoms with Gasteiger partial charge in [-0.05, 0) is 36.1 Å². The molecule has 0 bridgehead atoms. The van der Waals surface area contributed by atoms with Gasteiger partial charge in [-0.25, -0.2) is 0 Å². The molecule has 22 heavy (non-hydrogen) atoms. The van der Waals surface area contributed by atoms with Gasteiger partial charge in [0, 0.05) is 25.6 Å². The average Bonchev–Trinajstić information content (AvgIpc) is 3.07. The number of carbonyl (C=O) groups is 1. The van der Waals surface area contributed by atoms with Gasteiger partial charge in [0.2, 0.25) is 5.91 Å². The second-order valence-electron chi connectivity index (χ2n) is 6.07. The van der Waals surface area contributed by atoms with Gasteiger partial charge in [-0.2, -0.15) is 0 Å². The zero-order valence-corrected chi connectivity index (χ0v) is 13.0. The minimum Gasteiger partial charge on any atom is -0.461 e. The number of rotatable bonds is 5. The first kappa shape index (κ1) is 14.6. The van der Waals surface area contributed by atoms with E-state index < -0.39 is 0 Å². The predicted molar refractivity (Wildman–Crippen MR) is 87.2 cm³/mol. The Morgan fingerprint density at radius 1 is 1.27 bits per heavy atom. The Balaban J connectivity index is 1.57. The van der Waals surface area contributed by atoms with E-state index >= 15 is 0 Å². The number of nitrogens with zero attached hydrogens (tertiary/aromatic N) is 1. The largest absolute Gasteiger partial charge is 0.461 e. The SMILES string of the molecule is CC1CC1c1ccc(/C=C/C(=O)N(C)Cc2ccccc2)o1. The molecule has 2 atom stereocenters. The molecule has 114 valence electrons. The molecule has 2 unspecified atom stereocenters. The quantitative estimate of drug-likeness (QED) is 0.779. The number of benzene rings is 1. The lowest BCUT2D eigenvalue weighted by Gasteiger charge is -2.14. The van der Waals surface area contributed by atoms with E-state index in [1.807, 2.05) is 42.5 Å². The molecule has 1 aliphatic rings. The van der Waals surface area contributed by atoms with Crippen molar-refractivity contribution in [2.75, 3.05) is 7.05 Å². The zero-order chi connectivity index (χ0) is 15.5. The minimum atomic E-state index is -0.0263. The van der Waals surface area contributed by atoms with E-state index in [-0.39, 0.29) is 5.91 Å². The standard InChI is InChI=1S/C19H21NO2/c1-14-12-17(14)18-10-8-16(22-18)9-11-19(21)20(2)13-15-6-4-3-5-7-15/h3-11,14,17H,12-13H2,1-2H3/b11-9+. The highest BCUT2D eigenvalue weighted by Gasteiger charge is 2.36. The van der Waals surface area contributed by atoms with Crippen molar-refractivity contribution in [1.82, 2.24) is 4.90 Å². The Morgan fingerprint density at radius 3 is 2.68 bits per heavy atom. The highest BCUT2D eigenvalue weighted by molar-refractivity contribution is 5.91. The molecule has 0 spiro atoms. The van der Waals surface area contributed by atoms with Crippen LogP contribution in [0, 0.1) is 5.92 Å². The Kier molecular flexibility index (Phi) is 4.14. The first-order valence-corrected chi connectivity index (χ1v) is 7.70. The van der Waals surface area contributed by atoms with Crippen molar-refractivity contribution in [3.05, 3.63) is 65.6 Å². The van der Waals surface area contributed by atoms with Gasteiger partial charge in [0.15, 0.2) is 0 Å². The molecule has 1 aromatic carbocycles. The summed E-state index contributed by atoms with van der Waals surface area (Å²) in [5.41, 5.74) is 1.12. The van der Waals surface area contributed by atoms with Crippen LogP contribution < -0.4 is 0 Å². The van der Waals surface area contributed by atoms with Crippen LogP contribution in [0.5, 0.6) is 0 Å². The van der Waals surface area contributed by atoms with Crippen molar-refractivity contribution in [3.8, 4) is 0 Å². The lowest BCUT2D eigenvalue weighted by Crippen LogP contribution is -2.23. The minimum absolute atomic E-state index is 0.0263. The summed E-state index contributed by atoms with van der Waals surface area (Å²) in [6.45, 7) is 2.83. The Labute approximate surface area is 131 Å². The summed E-state index contributed by atoms with van der Waals surface area (Å²) in [5.74, 6) is 3.05. The number of carbonyl (C=O) groups excluding carboxylic acids is 1. The summed E-state index contributed by atoms with van der Waals surface area (Å²) in [5, 5.41) is 0. The van der Waals surface area contributed by atoms with Crippen molar-refractivity contribution in [2.45, 2.75) is 25.8 Å². The lowest BCUT2D eigenvalue weighted by atomic mass is 10.2. The molecule has 3 nitrogen and oxygen atoms in total. The number of hydrogen-bond donors (Lipinski definition) is 0. The van der Waals surface area contributed by atoms with Crippen LogP contribution in [0.25, 0.3) is 6.08 Å². The maximum atomic E-state index is 12.1. The van der Waals surface area contributed by atoms with Crippen molar-refractivity contribution in [1.29, 1.82) is 0 Å². The van der Waals surface area contributed by atoms with Crippen LogP contribution in [0.4, 0.5) is 0 Å². The third kappa shape index (κ3) is 3.48. The van der Waals surface area contributed by atoms with E-state index in [1.165, 1.54) is 6.42 Å². The Bertz CT molecular complexity index is 672. The molecule has 1 aliphatic carbocycles. The molecule has 3 heteroatoms. The maximum absolute atomic E-state index is 12.1. The molecule has 0 saturated heterocycles. The fourth-order valence-corrected chi connectivity index (χ4v) is 2.59. The van der Waals surface area contributed by atoms with Crippen LogP contribution >= 0.6 is 0 Å². The van der Waals surface area contributed by atoms with Crippen LogP contribution in [-0.4, -0.2) is 17.9 Å². The van der Waals surface area contributed by atoms with Gasteiger partial charge in [-0.1, -0.05) is 37.3 Å². The van der Waals surface area contributed by atoms with Crippen LogP contribution in [0.1, 0.15) is 36.3 Å². The van der Waals surface area contributed by atoms with Gasteiger partial charge in [-0.15, -0.1) is 0 Å². The molecular formula is C19H21NO2. The maximum Gasteiger partial charge on any atom is 0.246 e. The van der Waals surface area contributed by atoms with Crippen LogP contribution in [0.3, 0.4) is 0 Å². The van der Waals surface area contributed by atoms with Crippen molar-refractivity contribution in [2.24, 2.45) is 5.92 Å². The monoisotopic (exact) mass is 295 g/mol. The van der Waals surface area contributed by atoms with E-state index in [4.69, 9.17) is 4.42 Å². The second kappa shape index (κ2) is 6.22. The van der Waals surface area contributed by atoms with E-state index in [2.05, 4.69) is 6.92 Å². The molecule has 1 amide bonds. The van der Waals surface area contributed by atoms with Gasteiger partial charge in [0.25, 0.3) is 0 Å². The van der Waals surface area contributed by atoms with Crippen LogP contribution in [0.15, 0.2) is 53.0 Å². The molecule has 1 heterocycles. The lowest BCUT2D eigenvalue weighted by molar-refractivity contribution is -0.125. The predicted octanol–water partition coefficient (Wildman–Crippen LogP) is 4.07. The van der Waals surface area contributed by atoms with Gasteiger partial charge in [-0.3, -0.25) is 4.79 Å². The second-order valence-corrected chi connectivity index (χ2v) is 6.07. The Hall–Kier alpha value is -2.29. The fourth-order valence-electron chi connectivity index (χ4n) is 2.59. The van der Waals surface area contributed by atoms with E-state index in [9.17, 15) is 4.79 Å². The topological polar surface area (TPSA) is 33.5 Å². The summed E-state index contributed by atoms with van der Waals surface area (Å²) in [6, 6.07) is 13.9. The molecular weight excluding hydrogens is 274 g/mol. The first-order valence-electron chi connectivity index (χ1n) is 7.70. The van der Waals surface area contributed by atoms with Crippen LogP contribution in [-0.2, 0) is 11.3 Å². The summed E-state index contributed by atoms with van der Waals surface area (Å²) in [4.78, 5) is 13.8. The molecule has 1 saturated carbocycles. The van der Waals surface area contributed by atoms with Crippen molar-refractivity contribution in [3.63, 3.8) is 0 Å². The molecule has 1 aromatic heterocycles. The van der Waals surface area contributed by atoms with Gasteiger partial charge in [0.05, 0.1) is 0 Å². The summed E-state index contributed by atoms with van der Waals surface area (Å²) < 4.78 is 5.77. The molecule has 2 aromatic rings. The van der Waals surface area contributed by atoms with Crippen molar-refractivity contribution >= 4 is 12.0 Å². The summed E-state index contributed by atoms with van der Waals surface area (Å²) in [7, 11) is 1.80. The summed E-state index contributed by atoms with van der Waals surface area (Å²) >= 11 is 0. The van der Waals surface area contributed by atoms with E-state index in [0.717, 1.165) is 23.0 Å². The van der Waals surface area contributed by atoms with Gasteiger partial charge >= 0.3 is 0 Å². The van der Waals surface area contributed by atoms with Crippen molar-refractivity contribution < 1.29 is 9.21 Å². The average molecular weight is 295 g/mol. The number of amides is 1. The fraction of sp³-hybridized carbons (Fsp3) is 0.316. The molecule has 3 rings (SSSR count). The molecule has 0 aliphatic heterocycles. The Morgan fingerprint density at radius 2 is 2.00 bits per heavy atom. The van der Waals surface area contributed by atoms with Gasteiger partial charge < -0.3 is 9.32 Å². The molecule has 1 fully saturated rings. The van der Waals surface area contributed by atoms with E-state index in [1.54, 1.807) is 24.1 Å². The number of likely N-dealkylation sites (N-methyl/N-ethyl adjacent to an activating group) is 1. The molecule has 0 radical (unpaired) electrons. The highest BCUT2D eigenvalue weighted by atomic mass is 16.3. The smallest absolute Gasteiger partial charge is 0.246 e. The van der Waals surface area contributed by atoms with E-state index in [0.29, 0.717) is 12.5 Å². The van der Waals surface area contributed by atoms with Crippen LogP contribution in [0.2, 0.25) is 0 Å².